The van der Waals surface area contributed by atoms with E-state index in [1.807, 2.05) is 0 Å². The first-order chi connectivity index (χ1) is 12.3. The van der Waals surface area contributed by atoms with Gasteiger partial charge in [-0.1, -0.05) is 60.7 Å². The van der Waals surface area contributed by atoms with Crippen molar-refractivity contribution in [2.75, 3.05) is 6.54 Å². The van der Waals surface area contributed by atoms with Gasteiger partial charge in [0.15, 0.2) is 18.9 Å². The maximum Gasteiger partial charge on any atom is 0.169 e. The van der Waals surface area contributed by atoms with Gasteiger partial charge in [-0.15, -0.1) is 0 Å². The van der Waals surface area contributed by atoms with Gasteiger partial charge in [0.25, 0.3) is 0 Å². The minimum atomic E-state index is 0.656. The fourth-order valence-electron chi connectivity index (χ4n) is 3.29. The third-order valence-electron chi connectivity index (χ3n) is 4.56. The molecule has 4 rings (SSSR count). The third kappa shape index (κ3) is 3.17. The van der Waals surface area contributed by atoms with Gasteiger partial charge in [0.1, 0.15) is 0 Å². The molecule has 0 saturated carbocycles. The summed E-state index contributed by atoms with van der Waals surface area (Å²) in [6, 6.07) is 23.7. The summed E-state index contributed by atoms with van der Waals surface area (Å²) in [4.78, 5) is 0. The van der Waals surface area contributed by atoms with Crippen molar-refractivity contribution >= 4 is 33.7 Å². The second kappa shape index (κ2) is 6.88. The van der Waals surface area contributed by atoms with Crippen LogP contribution in [-0.2, 0) is 6.54 Å². The molecule has 4 aromatic rings. The zero-order chi connectivity index (χ0) is 17.1. The molecule has 122 valence electrons. The normalized spacial score (nSPS) is 11.6. The summed E-state index contributed by atoms with van der Waals surface area (Å²) in [5, 5.41) is 5.16. The molecule has 0 spiro atoms. The Labute approximate surface area is 147 Å². The average molecular weight is 325 g/mol. The Morgan fingerprint density at radius 3 is 2.20 bits per heavy atom. The predicted octanol–water partition coefficient (Wildman–Crippen LogP) is 4.41. The second-order valence-electron chi connectivity index (χ2n) is 6.22. The summed E-state index contributed by atoms with van der Waals surface area (Å²) in [5.74, 6) is 0. The molecule has 0 aliphatic heterocycles. The van der Waals surface area contributed by atoms with E-state index in [1.165, 1.54) is 32.7 Å². The number of hydrogen-bond donors (Lipinski definition) is 1. The Balaban J connectivity index is 1.77. The molecule has 0 saturated heterocycles. The molecule has 0 bridgehead atoms. The molecule has 0 fully saturated rings. The Morgan fingerprint density at radius 1 is 0.760 bits per heavy atom. The molecule has 2 N–H and O–H groups in total. The summed E-state index contributed by atoms with van der Waals surface area (Å²) < 4.78 is 2.10. The fraction of sp³-hybridized carbons (Fsp3) is 0.0870. The van der Waals surface area contributed by atoms with Gasteiger partial charge in [-0.25, -0.2) is 4.57 Å². The first kappa shape index (κ1) is 15.6. The Bertz CT molecular complexity index is 1050. The minimum Gasteiger partial charge on any atom is -0.325 e. The molecule has 25 heavy (non-hydrogen) atoms. The maximum absolute atomic E-state index is 5.60. The molecule has 3 aromatic carbocycles. The van der Waals surface area contributed by atoms with Gasteiger partial charge in [0.05, 0.1) is 6.54 Å². The quantitative estimate of drug-likeness (QED) is 0.437. The lowest BCUT2D eigenvalue weighted by molar-refractivity contribution is -0.694. The third-order valence-corrected chi connectivity index (χ3v) is 4.56. The zero-order valence-electron chi connectivity index (χ0n) is 14.1. The number of nitrogens with two attached hydrogens (primary N) is 1. The summed E-state index contributed by atoms with van der Waals surface area (Å²) in [6.45, 7) is 1.50. The molecule has 2 nitrogen and oxygen atoms in total. The van der Waals surface area contributed by atoms with Crippen LogP contribution in [0.4, 0.5) is 0 Å². The van der Waals surface area contributed by atoms with Crippen LogP contribution < -0.4 is 10.3 Å². The fourth-order valence-corrected chi connectivity index (χ4v) is 3.29. The van der Waals surface area contributed by atoms with Crippen molar-refractivity contribution in [3.05, 3.63) is 90.3 Å². The van der Waals surface area contributed by atoms with Crippen molar-refractivity contribution in [3.63, 3.8) is 0 Å². The Morgan fingerprint density at radius 2 is 1.44 bits per heavy atom. The van der Waals surface area contributed by atoms with Crippen molar-refractivity contribution in [2.24, 2.45) is 5.73 Å². The molecule has 0 aliphatic carbocycles. The van der Waals surface area contributed by atoms with E-state index in [0.717, 1.165) is 6.54 Å². The molecule has 1 heterocycles. The van der Waals surface area contributed by atoms with Gasteiger partial charge in [-0.2, -0.15) is 0 Å². The van der Waals surface area contributed by atoms with E-state index in [4.69, 9.17) is 5.73 Å². The molecular formula is C23H21N2+. The highest BCUT2D eigenvalue weighted by molar-refractivity contribution is 6.11. The monoisotopic (exact) mass is 325 g/mol. The van der Waals surface area contributed by atoms with Crippen LogP contribution >= 0.6 is 0 Å². The van der Waals surface area contributed by atoms with Crippen LogP contribution in [0.5, 0.6) is 0 Å². The van der Waals surface area contributed by atoms with Crippen molar-refractivity contribution in [1.82, 2.24) is 0 Å². The lowest BCUT2D eigenvalue weighted by Crippen LogP contribution is -2.36. The number of fused-ring (bicyclic) bond motifs is 3. The number of benzene rings is 3. The van der Waals surface area contributed by atoms with E-state index in [0.29, 0.717) is 6.54 Å². The highest BCUT2D eigenvalue weighted by atomic mass is 14.9. The number of aromatic nitrogens is 1. The van der Waals surface area contributed by atoms with Gasteiger partial charge in [0, 0.05) is 12.1 Å². The van der Waals surface area contributed by atoms with E-state index in [2.05, 4.69) is 95.8 Å². The maximum atomic E-state index is 5.60. The molecule has 0 unspecified atom stereocenters. The Hall–Kier alpha value is -2.97. The van der Waals surface area contributed by atoms with Gasteiger partial charge >= 0.3 is 0 Å². The van der Waals surface area contributed by atoms with Crippen molar-refractivity contribution in [2.45, 2.75) is 6.54 Å². The molecule has 2 heteroatoms. The summed E-state index contributed by atoms with van der Waals surface area (Å²) in [5.41, 5.74) is 8.03. The summed E-state index contributed by atoms with van der Waals surface area (Å²) in [6.07, 6.45) is 8.52. The largest absolute Gasteiger partial charge is 0.325 e. The van der Waals surface area contributed by atoms with E-state index < -0.39 is 0 Å². The first-order valence-electron chi connectivity index (χ1n) is 8.63. The average Bonchev–Trinajstić information content (AvgIpc) is 2.67. The van der Waals surface area contributed by atoms with Crippen LogP contribution in [-0.4, -0.2) is 6.54 Å². The summed E-state index contributed by atoms with van der Waals surface area (Å²) in [7, 11) is 0. The molecule has 1 aromatic heterocycles. The van der Waals surface area contributed by atoms with E-state index >= 15 is 0 Å². The number of pyridine rings is 1. The zero-order valence-corrected chi connectivity index (χ0v) is 14.1. The SMILES string of the molecule is NCC[n+]1ccc(/C=C/c2cc3ccccc3c3ccccc23)cc1. The lowest BCUT2D eigenvalue weighted by atomic mass is 9.97. The molecule has 0 radical (unpaired) electrons. The summed E-state index contributed by atoms with van der Waals surface area (Å²) >= 11 is 0. The van der Waals surface area contributed by atoms with Crippen LogP contribution in [0.3, 0.4) is 0 Å². The number of nitrogens with zero attached hydrogens (tertiary/aromatic N) is 1. The first-order valence-corrected chi connectivity index (χ1v) is 8.63. The van der Waals surface area contributed by atoms with Crippen molar-refractivity contribution in [1.29, 1.82) is 0 Å². The van der Waals surface area contributed by atoms with Crippen LogP contribution in [0.25, 0.3) is 33.7 Å². The van der Waals surface area contributed by atoms with Crippen molar-refractivity contribution < 1.29 is 4.57 Å². The second-order valence-corrected chi connectivity index (χ2v) is 6.22. The van der Waals surface area contributed by atoms with E-state index in [9.17, 15) is 0 Å². The van der Waals surface area contributed by atoms with Crippen molar-refractivity contribution in [3.8, 4) is 0 Å². The van der Waals surface area contributed by atoms with E-state index in [-0.39, 0.29) is 0 Å². The number of rotatable bonds is 4. The topological polar surface area (TPSA) is 29.9 Å². The highest BCUT2D eigenvalue weighted by Gasteiger charge is 2.04. The predicted molar refractivity (Wildman–Crippen MR) is 106 cm³/mol. The van der Waals surface area contributed by atoms with Gasteiger partial charge in [0.2, 0.25) is 0 Å². The minimum absolute atomic E-state index is 0.656. The Kier molecular flexibility index (Phi) is 4.28. The van der Waals surface area contributed by atoms with Gasteiger partial charge < -0.3 is 5.73 Å². The van der Waals surface area contributed by atoms with Crippen LogP contribution in [0, 0.1) is 0 Å². The molecule has 0 atom stereocenters. The van der Waals surface area contributed by atoms with Crippen LogP contribution in [0.1, 0.15) is 11.1 Å². The highest BCUT2D eigenvalue weighted by Crippen LogP contribution is 2.29. The van der Waals surface area contributed by atoms with E-state index in [1.54, 1.807) is 0 Å². The molecule has 0 amide bonds. The lowest BCUT2D eigenvalue weighted by Gasteiger charge is -2.07. The van der Waals surface area contributed by atoms with Crippen LogP contribution in [0.15, 0.2) is 79.1 Å². The van der Waals surface area contributed by atoms with Gasteiger partial charge in [-0.05, 0) is 38.7 Å². The number of hydrogen-bond acceptors (Lipinski definition) is 1. The smallest absolute Gasteiger partial charge is 0.169 e. The van der Waals surface area contributed by atoms with Crippen LogP contribution in [0.2, 0.25) is 0 Å². The standard InChI is InChI=1S/C23H21N2/c24-13-16-25-14-11-18(12-15-25)9-10-20-17-19-5-1-2-6-21(19)23-8-4-3-7-22(20)23/h1-12,14-15,17H,13,16,24H2/q+1/b10-9+. The molecule has 0 aliphatic rings. The van der Waals surface area contributed by atoms with Gasteiger partial charge in [-0.3, -0.25) is 0 Å². The molecular weight excluding hydrogens is 304 g/mol.